The predicted octanol–water partition coefficient (Wildman–Crippen LogP) is 1.81. The molecule has 5 heteroatoms. The number of nitrogens with two attached hydrogens (primary N) is 1. The zero-order chi connectivity index (χ0) is 14.3. The van der Waals surface area contributed by atoms with Crippen molar-refractivity contribution in [1.29, 1.82) is 0 Å². The van der Waals surface area contributed by atoms with Gasteiger partial charge in [-0.05, 0) is 11.5 Å². The molecule has 0 aliphatic carbocycles. The summed E-state index contributed by atoms with van der Waals surface area (Å²) >= 11 is 0. The quantitative estimate of drug-likeness (QED) is 0.822. The molecule has 1 unspecified atom stereocenters. The summed E-state index contributed by atoms with van der Waals surface area (Å²) in [5.74, 6) is -0.576. The Hall–Kier alpha value is -2.04. The highest BCUT2D eigenvalue weighted by atomic mass is 16.5. The van der Waals surface area contributed by atoms with Gasteiger partial charge in [0, 0.05) is 0 Å². The molecule has 0 saturated carbocycles. The van der Waals surface area contributed by atoms with E-state index in [0.717, 1.165) is 12.0 Å². The van der Waals surface area contributed by atoms with Crippen molar-refractivity contribution in [3.63, 3.8) is 0 Å². The SMILES string of the molecule is CCC(C)[C@H](NC(=O)OCc1ccccc1)C(N)=O. The lowest BCUT2D eigenvalue weighted by Gasteiger charge is -2.20. The van der Waals surface area contributed by atoms with Crippen LogP contribution >= 0.6 is 0 Å². The van der Waals surface area contributed by atoms with Gasteiger partial charge in [-0.25, -0.2) is 4.79 Å². The third-order valence-corrected chi connectivity index (χ3v) is 3.01. The van der Waals surface area contributed by atoms with E-state index in [1.807, 2.05) is 44.2 Å². The Morgan fingerprint density at radius 1 is 1.32 bits per heavy atom. The van der Waals surface area contributed by atoms with Crippen LogP contribution in [0.2, 0.25) is 0 Å². The van der Waals surface area contributed by atoms with Gasteiger partial charge in [0.2, 0.25) is 5.91 Å². The van der Waals surface area contributed by atoms with Gasteiger partial charge in [-0.3, -0.25) is 4.79 Å². The Balaban J connectivity index is 2.47. The zero-order valence-electron chi connectivity index (χ0n) is 11.3. The molecule has 0 aliphatic heterocycles. The van der Waals surface area contributed by atoms with Crippen LogP contribution in [0, 0.1) is 5.92 Å². The molecule has 0 aliphatic rings. The molecule has 1 aromatic carbocycles. The zero-order valence-corrected chi connectivity index (χ0v) is 11.3. The Kier molecular flexibility index (Phi) is 5.85. The number of carbonyl (C=O) groups excluding carboxylic acids is 2. The van der Waals surface area contributed by atoms with E-state index in [2.05, 4.69) is 5.32 Å². The van der Waals surface area contributed by atoms with Crippen LogP contribution < -0.4 is 11.1 Å². The Labute approximate surface area is 113 Å². The summed E-state index contributed by atoms with van der Waals surface area (Å²) < 4.78 is 5.05. The standard InChI is InChI=1S/C14H20N2O3/c1-3-10(2)12(13(15)17)16-14(18)19-9-11-7-5-4-6-8-11/h4-8,10,12H,3,9H2,1-2H3,(H2,15,17)(H,16,18)/t10?,12-/m0/s1. The smallest absolute Gasteiger partial charge is 0.408 e. The molecule has 1 aromatic rings. The lowest BCUT2D eigenvalue weighted by Crippen LogP contribution is -2.48. The molecule has 0 radical (unpaired) electrons. The number of hydrogen-bond acceptors (Lipinski definition) is 3. The van der Waals surface area contributed by atoms with Gasteiger partial charge in [0.25, 0.3) is 0 Å². The number of carbonyl (C=O) groups is 2. The van der Waals surface area contributed by atoms with Crippen molar-refractivity contribution >= 4 is 12.0 Å². The summed E-state index contributed by atoms with van der Waals surface area (Å²) in [6.45, 7) is 3.95. The van der Waals surface area contributed by atoms with Gasteiger partial charge in [-0.2, -0.15) is 0 Å². The number of rotatable bonds is 6. The third kappa shape index (κ3) is 4.99. The minimum atomic E-state index is -0.701. The van der Waals surface area contributed by atoms with Crippen LogP contribution in [0.3, 0.4) is 0 Å². The van der Waals surface area contributed by atoms with Crippen LogP contribution in [0.5, 0.6) is 0 Å². The van der Waals surface area contributed by atoms with Gasteiger partial charge in [-0.1, -0.05) is 50.6 Å². The van der Waals surface area contributed by atoms with Crippen molar-refractivity contribution in [1.82, 2.24) is 5.32 Å². The predicted molar refractivity (Wildman–Crippen MR) is 72.2 cm³/mol. The van der Waals surface area contributed by atoms with E-state index in [-0.39, 0.29) is 12.5 Å². The first-order chi connectivity index (χ1) is 9.04. The number of hydrogen-bond donors (Lipinski definition) is 2. The topological polar surface area (TPSA) is 81.4 Å². The minimum absolute atomic E-state index is 0.0261. The van der Waals surface area contributed by atoms with Crippen molar-refractivity contribution in [2.24, 2.45) is 11.7 Å². The van der Waals surface area contributed by atoms with Crippen LogP contribution in [-0.2, 0) is 16.1 Å². The fourth-order valence-corrected chi connectivity index (χ4v) is 1.62. The van der Waals surface area contributed by atoms with Crippen LogP contribution in [0.1, 0.15) is 25.8 Å². The lowest BCUT2D eigenvalue weighted by molar-refractivity contribution is -0.121. The van der Waals surface area contributed by atoms with Crippen LogP contribution in [0.15, 0.2) is 30.3 Å². The molecular weight excluding hydrogens is 244 g/mol. The molecule has 2 atom stereocenters. The maximum atomic E-state index is 11.6. The first-order valence-corrected chi connectivity index (χ1v) is 6.31. The average molecular weight is 264 g/mol. The summed E-state index contributed by atoms with van der Waals surface area (Å²) in [5.41, 5.74) is 6.15. The Morgan fingerprint density at radius 2 is 1.95 bits per heavy atom. The average Bonchev–Trinajstić information content (AvgIpc) is 2.42. The molecule has 0 aromatic heterocycles. The summed E-state index contributed by atoms with van der Waals surface area (Å²) in [4.78, 5) is 22.9. The molecule has 0 heterocycles. The first kappa shape index (κ1) is 15.0. The van der Waals surface area contributed by atoms with Gasteiger partial charge in [0.1, 0.15) is 12.6 Å². The van der Waals surface area contributed by atoms with Gasteiger partial charge in [-0.15, -0.1) is 0 Å². The molecule has 5 nitrogen and oxygen atoms in total. The first-order valence-electron chi connectivity index (χ1n) is 6.31. The van der Waals surface area contributed by atoms with E-state index in [9.17, 15) is 9.59 Å². The monoisotopic (exact) mass is 264 g/mol. The van der Waals surface area contributed by atoms with Crippen molar-refractivity contribution < 1.29 is 14.3 Å². The fraction of sp³-hybridized carbons (Fsp3) is 0.429. The third-order valence-electron chi connectivity index (χ3n) is 3.01. The van der Waals surface area contributed by atoms with Crippen molar-refractivity contribution in [3.8, 4) is 0 Å². The van der Waals surface area contributed by atoms with Crippen LogP contribution in [0.4, 0.5) is 4.79 Å². The summed E-state index contributed by atoms with van der Waals surface area (Å²) in [7, 11) is 0. The number of primary amides is 1. The number of ether oxygens (including phenoxy) is 1. The van der Waals surface area contributed by atoms with Crippen LogP contribution in [0.25, 0.3) is 0 Å². The normalized spacial score (nSPS) is 13.4. The van der Waals surface area contributed by atoms with E-state index in [1.165, 1.54) is 0 Å². The number of benzene rings is 1. The molecule has 0 saturated heterocycles. The molecule has 0 bridgehead atoms. The van der Waals surface area contributed by atoms with Crippen molar-refractivity contribution in [2.75, 3.05) is 0 Å². The maximum Gasteiger partial charge on any atom is 0.408 e. The number of alkyl carbamates (subject to hydrolysis) is 1. The molecule has 0 fully saturated rings. The second kappa shape index (κ2) is 7.41. The van der Waals surface area contributed by atoms with Gasteiger partial charge < -0.3 is 15.8 Å². The maximum absolute atomic E-state index is 11.6. The largest absolute Gasteiger partial charge is 0.445 e. The van der Waals surface area contributed by atoms with Crippen molar-refractivity contribution in [3.05, 3.63) is 35.9 Å². The highest BCUT2D eigenvalue weighted by Gasteiger charge is 2.24. The Bertz CT molecular complexity index is 420. The van der Waals surface area contributed by atoms with E-state index >= 15 is 0 Å². The molecule has 104 valence electrons. The molecule has 3 N–H and O–H groups in total. The van der Waals surface area contributed by atoms with Gasteiger partial charge >= 0.3 is 6.09 Å². The highest BCUT2D eigenvalue weighted by Crippen LogP contribution is 2.08. The fourth-order valence-electron chi connectivity index (χ4n) is 1.62. The molecule has 0 spiro atoms. The van der Waals surface area contributed by atoms with E-state index in [4.69, 9.17) is 10.5 Å². The second-order valence-electron chi connectivity index (χ2n) is 4.47. The van der Waals surface area contributed by atoms with Gasteiger partial charge in [0.05, 0.1) is 0 Å². The summed E-state index contributed by atoms with van der Waals surface area (Å²) in [5, 5.41) is 2.50. The number of amides is 2. The molecule has 19 heavy (non-hydrogen) atoms. The van der Waals surface area contributed by atoms with E-state index in [1.54, 1.807) is 0 Å². The summed E-state index contributed by atoms with van der Waals surface area (Å²) in [6, 6.07) is 8.62. The van der Waals surface area contributed by atoms with Gasteiger partial charge in [0.15, 0.2) is 0 Å². The van der Waals surface area contributed by atoms with Crippen LogP contribution in [-0.4, -0.2) is 18.0 Å². The van der Waals surface area contributed by atoms with Crippen molar-refractivity contribution in [2.45, 2.75) is 32.9 Å². The molecule has 1 rings (SSSR count). The number of nitrogens with one attached hydrogen (secondary N) is 1. The molecular formula is C14H20N2O3. The molecule has 2 amide bonds. The highest BCUT2D eigenvalue weighted by molar-refractivity contribution is 5.84. The summed E-state index contributed by atoms with van der Waals surface area (Å²) in [6.07, 6.45) is 0.111. The minimum Gasteiger partial charge on any atom is -0.445 e. The second-order valence-corrected chi connectivity index (χ2v) is 4.47. The van der Waals surface area contributed by atoms with E-state index in [0.29, 0.717) is 0 Å². The Morgan fingerprint density at radius 3 is 2.47 bits per heavy atom. The van der Waals surface area contributed by atoms with E-state index < -0.39 is 18.0 Å². The lowest BCUT2D eigenvalue weighted by atomic mass is 9.99.